The van der Waals surface area contributed by atoms with Gasteiger partial charge in [0.05, 0.1) is 19.4 Å². The van der Waals surface area contributed by atoms with E-state index in [1.807, 2.05) is 14.1 Å². The molecule has 0 bridgehead atoms. The van der Waals surface area contributed by atoms with Gasteiger partial charge in [-0.15, -0.1) is 0 Å². The Morgan fingerprint density at radius 2 is 2.00 bits per heavy atom. The van der Waals surface area contributed by atoms with Gasteiger partial charge < -0.3 is 14.4 Å². The average Bonchev–Trinajstić information content (AvgIpc) is 2.87. The van der Waals surface area contributed by atoms with Crippen LogP contribution in [-0.2, 0) is 4.74 Å². The van der Waals surface area contributed by atoms with Gasteiger partial charge in [-0.25, -0.2) is 9.78 Å². The number of aryl methyl sites for hydroxylation is 1. The van der Waals surface area contributed by atoms with Crippen molar-refractivity contribution in [2.45, 2.75) is 13.8 Å². The van der Waals surface area contributed by atoms with Crippen LogP contribution in [0.15, 0.2) is 0 Å². The molecule has 2 heterocycles. The molecule has 0 amide bonds. The smallest absolute Gasteiger partial charge is 0.350 e. The molecule has 0 radical (unpaired) electrons. The van der Waals surface area contributed by atoms with Crippen molar-refractivity contribution in [1.29, 1.82) is 0 Å². The van der Waals surface area contributed by atoms with Gasteiger partial charge in [0.25, 0.3) is 0 Å². The molecule has 23 heavy (non-hydrogen) atoms. The normalized spacial score (nSPS) is 10.3. The molecule has 0 aliphatic rings. The monoisotopic (exact) mass is 338 g/mol. The maximum Gasteiger partial charge on any atom is 0.350 e. The Bertz CT molecular complexity index is 703. The molecule has 0 aliphatic heterocycles. The first kappa shape index (κ1) is 16.9. The summed E-state index contributed by atoms with van der Waals surface area (Å²) in [6.07, 6.45) is 0. The van der Waals surface area contributed by atoms with Gasteiger partial charge in [-0.2, -0.15) is 15.0 Å². The molecular formula is C13H18N6O3S. The lowest BCUT2D eigenvalue weighted by Crippen LogP contribution is -2.15. The minimum atomic E-state index is -0.391. The van der Waals surface area contributed by atoms with Crippen molar-refractivity contribution in [3.63, 3.8) is 0 Å². The number of nitrogens with zero attached hydrogens (tertiary/aromatic N) is 5. The number of anilines is 3. The van der Waals surface area contributed by atoms with Crippen molar-refractivity contribution in [3.05, 3.63) is 10.6 Å². The van der Waals surface area contributed by atoms with Crippen LogP contribution in [0, 0.1) is 6.92 Å². The summed E-state index contributed by atoms with van der Waals surface area (Å²) in [4.78, 5) is 30.8. The molecule has 0 saturated heterocycles. The van der Waals surface area contributed by atoms with Crippen LogP contribution >= 0.6 is 11.3 Å². The van der Waals surface area contributed by atoms with Crippen LogP contribution in [0.2, 0.25) is 0 Å². The summed E-state index contributed by atoms with van der Waals surface area (Å²) >= 11 is 1.18. The van der Waals surface area contributed by atoms with Gasteiger partial charge in [0, 0.05) is 14.1 Å². The molecule has 124 valence electrons. The Labute approximate surface area is 137 Å². The molecule has 2 aromatic rings. The van der Waals surface area contributed by atoms with E-state index in [-0.39, 0.29) is 12.0 Å². The number of aromatic nitrogens is 4. The largest absolute Gasteiger partial charge is 0.467 e. The van der Waals surface area contributed by atoms with Crippen molar-refractivity contribution in [2.75, 3.05) is 38.0 Å². The van der Waals surface area contributed by atoms with E-state index in [1.54, 1.807) is 18.7 Å². The van der Waals surface area contributed by atoms with Gasteiger partial charge >= 0.3 is 12.0 Å². The first-order valence-corrected chi connectivity index (χ1v) is 7.65. The number of nitrogens with one attached hydrogen (secondary N) is 1. The second kappa shape index (κ2) is 7.18. The maximum absolute atomic E-state index is 11.8. The van der Waals surface area contributed by atoms with E-state index in [4.69, 9.17) is 9.47 Å². The highest BCUT2D eigenvalue weighted by atomic mass is 32.1. The molecule has 0 saturated carbocycles. The van der Waals surface area contributed by atoms with Gasteiger partial charge in [-0.3, -0.25) is 5.32 Å². The van der Waals surface area contributed by atoms with Crippen LogP contribution in [0.25, 0.3) is 0 Å². The third-order valence-electron chi connectivity index (χ3n) is 2.66. The number of hydrogen-bond donors (Lipinski definition) is 1. The molecule has 0 aliphatic carbocycles. The molecule has 0 spiro atoms. The number of rotatable bonds is 6. The summed E-state index contributed by atoms with van der Waals surface area (Å²) in [5, 5.41) is 3.45. The first-order chi connectivity index (χ1) is 10.9. The Hall–Kier alpha value is -2.49. The van der Waals surface area contributed by atoms with Crippen molar-refractivity contribution in [2.24, 2.45) is 0 Å². The fraction of sp³-hybridized carbons (Fsp3) is 0.462. The van der Waals surface area contributed by atoms with Crippen LogP contribution in [-0.4, -0.2) is 53.7 Å². The van der Waals surface area contributed by atoms with E-state index in [2.05, 4.69) is 25.3 Å². The van der Waals surface area contributed by atoms with Crippen molar-refractivity contribution < 1.29 is 14.3 Å². The van der Waals surface area contributed by atoms with Gasteiger partial charge in [-0.1, -0.05) is 11.3 Å². The Balaban J connectivity index is 2.27. The lowest BCUT2D eigenvalue weighted by atomic mass is 10.4. The predicted molar refractivity (Wildman–Crippen MR) is 86.8 cm³/mol. The zero-order chi connectivity index (χ0) is 17.0. The highest BCUT2D eigenvalue weighted by Gasteiger charge is 2.17. The quantitative estimate of drug-likeness (QED) is 0.787. The third kappa shape index (κ3) is 4.03. The summed E-state index contributed by atoms with van der Waals surface area (Å²) in [6.45, 7) is 3.82. The highest BCUT2D eigenvalue weighted by Crippen LogP contribution is 2.26. The lowest BCUT2D eigenvalue weighted by molar-refractivity contribution is 0.0531. The summed E-state index contributed by atoms with van der Waals surface area (Å²) in [7, 11) is 5.10. The molecule has 2 rings (SSSR count). The summed E-state index contributed by atoms with van der Waals surface area (Å²) in [6, 6.07) is 0.185. The van der Waals surface area contributed by atoms with E-state index in [9.17, 15) is 4.79 Å². The summed E-state index contributed by atoms with van der Waals surface area (Å²) < 4.78 is 10.1. The fourth-order valence-electron chi connectivity index (χ4n) is 1.62. The average molecular weight is 338 g/mol. The number of ether oxygens (including phenoxy) is 2. The minimum Gasteiger partial charge on any atom is -0.467 e. The molecule has 9 nitrogen and oxygen atoms in total. The van der Waals surface area contributed by atoms with E-state index < -0.39 is 5.97 Å². The minimum absolute atomic E-state index is 0.185. The lowest BCUT2D eigenvalue weighted by Gasteiger charge is -2.11. The molecule has 10 heteroatoms. The maximum atomic E-state index is 11.8. The van der Waals surface area contributed by atoms with E-state index in [0.717, 1.165) is 0 Å². The number of methoxy groups -OCH3 is 1. The fourth-order valence-corrected chi connectivity index (χ4v) is 2.48. The topological polar surface area (TPSA) is 102 Å². The van der Waals surface area contributed by atoms with Crippen molar-refractivity contribution in [3.8, 4) is 6.01 Å². The van der Waals surface area contributed by atoms with Crippen LogP contribution in [0.4, 0.5) is 17.0 Å². The molecular weight excluding hydrogens is 320 g/mol. The van der Waals surface area contributed by atoms with Gasteiger partial charge in [0.15, 0.2) is 5.13 Å². The first-order valence-electron chi connectivity index (χ1n) is 6.83. The number of carbonyl (C=O) groups is 1. The van der Waals surface area contributed by atoms with Crippen molar-refractivity contribution in [1.82, 2.24) is 19.9 Å². The summed E-state index contributed by atoms with van der Waals surface area (Å²) in [5.74, 6) is 0.334. The highest BCUT2D eigenvalue weighted by molar-refractivity contribution is 7.17. The molecule has 0 unspecified atom stereocenters. The second-order valence-electron chi connectivity index (χ2n) is 4.62. The van der Waals surface area contributed by atoms with Gasteiger partial charge in [-0.05, 0) is 13.8 Å². The standard InChI is InChI=1S/C13H18N6O3S/c1-6-22-9(20)8-7(2)14-13(23-8)17-10-15-11(19(3)4)18-12(16-10)21-5/h6H2,1-5H3,(H,14,15,16,17,18). The molecule has 0 atom stereocenters. The van der Waals surface area contributed by atoms with Gasteiger partial charge in [0.1, 0.15) is 4.88 Å². The van der Waals surface area contributed by atoms with Crippen molar-refractivity contribution >= 4 is 34.3 Å². The third-order valence-corrected chi connectivity index (χ3v) is 3.71. The van der Waals surface area contributed by atoms with E-state index in [0.29, 0.717) is 28.3 Å². The second-order valence-corrected chi connectivity index (χ2v) is 5.62. The predicted octanol–water partition coefficient (Wildman–Crippen LogP) is 1.63. The van der Waals surface area contributed by atoms with Crippen LogP contribution in [0.5, 0.6) is 6.01 Å². The SMILES string of the molecule is CCOC(=O)c1sc(Nc2nc(OC)nc(N(C)C)n2)nc1C. The van der Waals surface area contributed by atoms with E-state index >= 15 is 0 Å². The number of esters is 1. The Morgan fingerprint density at radius 1 is 1.26 bits per heavy atom. The van der Waals surface area contributed by atoms with Crippen LogP contribution in [0.3, 0.4) is 0 Å². The van der Waals surface area contributed by atoms with Crippen LogP contribution in [0.1, 0.15) is 22.3 Å². The zero-order valence-electron chi connectivity index (χ0n) is 13.6. The number of thiazole rings is 1. The molecule has 1 N–H and O–H groups in total. The molecule has 2 aromatic heterocycles. The zero-order valence-corrected chi connectivity index (χ0v) is 14.4. The van der Waals surface area contributed by atoms with E-state index in [1.165, 1.54) is 18.4 Å². The Morgan fingerprint density at radius 3 is 2.61 bits per heavy atom. The summed E-state index contributed by atoms with van der Waals surface area (Å²) in [5.41, 5.74) is 0.588. The van der Waals surface area contributed by atoms with Gasteiger partial charge in [0.2, 0.25) is 11.9 Å². The molecule has 0 fully saturated rings. The number of carbonyl (C=O) groups excluding carboxylic acids is 1. The number of hydrogen-bond acceptors (Lipinski definition) is 10. The molecule has 0 aromatic carbocycles. The Kier molecular flexibility index (Phi) is 5.27. The van der Waals surface area contributed by atoms with Crippen LogP contribution < -0.4 is 15.0 Å².